The van der Waals surface area contributed by atoms with Crippen LogP contribution in [0.4, 0.5) is 0 Å². The maximum Gasteiger partial charge on any atom is 0.254 e. The number of hydrogen-bond donors (Lipinski definition) is 2. The summed E-state index contributed by atoms with van der Waals surface area (Å²) in [7, 11) is 0. The van der Waals surface area contributed by atoms with Crippen molar-refractivity contribution < 1.29 is 9.90 Å². The largest absolute Gasteiger partial charge is 0.508 e. The SMILES string of the molecule is Cc1c(O)cccc1C(=O)N1C(C)CCCC1CN. The van der Waals surface area contributed by atoms with Gasteiger partial charge in [-0.15, -0.1) is 0 Å². The summed E-state index contributed by atoms with van der Waals surface area (Å²) in [5.74, 6) is 0.149. The molecule has 1 aliphatic rings. The van der Waals surface area contributed by atoms with Crippen molar-refractivity contribution in [2.24, 2.45) is 5.73 Å². The third-order valence-electron chi connectivity index (χ3n) is 4.07. The molecule has 0 saturated carbocycles. The van der Waals surface area contributed by atoms with E-state index in [1.54, 1.807) is 25.1 Å². The molecule has 1 saturated heterocycles. The molecular weight excluding hydrogens is 240 g/mol. The van der Waals surface area contributed by atoms with Crippen molar-refractivity contribution >= 4 is 5.91 Å². The number of nitrogens with zero attached hydrogens (tertiary/aromatic N) is 1. The third kappa shape index (κ3) is 2.59. The lowest BCUT2D eigenvalue weighted by atomic mass is 9.94. The number of nitrogens with two attached hydrogens (primary N) is 1. The topological polar surface area (TPSA) is 66.6 Å². The highest BCUT2D eigenvalue weighted by Gasteiger charge is 2.32. The molecule has 2 unspecified atom stereocenters. The summed E-state index contributed by atoms with van der Waals surface area (Å²) in [5, 5.41) is 9.74. The second kappa shape index (κ2) is 5.61. The minimum absolute atomic E-state index is 0.0175. The standard InChI is InChI=1S/C15H22N2O2/c1-10-5-3-6-12(9-16)17(10)15(19)13-7-4-8-14(18)11(13)2/h4,7-8,10,12,18H,3,5-6,9,16H2,1-2H3. The molecule has 0 spiro atoms. The van der Waals surface area contributed by atoms with E-state index in [-0.39, 0.29) is 23.7 Å². The predicted molar refractivity (Wildman–Crippen MR) is 75.2 cm³/mol. The van der Waals surface area contributed by atoms with E-state index in [1.807, 2.05) is 4.90 Å². The van der Waals surface area contributed by atoms with Crippen LogP contribution < -0.4 is 5.73 Å². The van der Waals surface area contributed by atoms with Crippen molar-refractivity contribution in [2.75, 3.05) is 6.54 Å². The number of carbonyl (C=O) groups excluding carboxylic acids is 1. The number of amides is 1. The quantitative estimate of drug-likeness (QED) is 0.857. The van der Waals surface area contributed by atoms with Gasteiger partial charge in [-0.05, 0) is 45.2 Å². The first-order valence-corrected chi connectivity index (χ1v) is 6.87. The minimum atomic E-state index is -0.0175. The number of rotatable bonds is 2. The van der Waals surface area contributed by atoms with Crippen LogP contribution in [-0.2, 0) is 0 Å². The fourth-order valence-electron chi connectivity index (χ4n) is 2.88. The van der Waals surface area contributed by atoms with Crippen molar-refractivity contribution in [1.82, 2.24) is 4.90 Å². The van der Waals surface area contributed by atoms with Crippen molar-refractivity contribution in [3.8, 4) is 5.75 Å². The van der Waals surface area contributed by atoms with Crippen LogP contribution in [-0.4, -0.2) is 34.5 Å². The molecule has 1 heterocycles. The van der Waals surface area contributed by atoms with Crippen LogP contribution in [0.5, 0.6) is 5.75 Å². The Morgan fingerprint density at radius 3 is 2.89 bits per heavy atom. The second-order valence-corrected chi connectivity index (χ2v) is 5.33. The molecule has 104 valence electrons. The number of carbonyl (C=O) groups is 1. The first-order valence-electron chi connectivity index (χ1n) is 6.87. The monoisotopic (exact) mass is 262 g/mol. The Balaban J connectivity index is 2.33. The predicted octanol–water partition coefficient (Wildman–Crippen LogP) is 2.04. The van der Waals surface area contributed by atoms with Gasteiger partial charge >= 0.3 is 0 Å². The zero-order valence-corrected chi connectivity index (χ0v) is 11.6. The van der Waals surface area contributed by atoms with E-state index in [0.29, 0.717) is 17.7 Å². The number of phenolic OH excluding ortho intramolecular Hbond substituents is 1. The van der Waals surface area contributed by atoms with E-state index in [4.69, 9.17) is 5.73 Å². The summed E-state index contributed by atoms with van der Waals surface area (Å²) < 4.78 is 0. The molecule has 4 nitrogen and oxygen atoms in total. The highest BCUT2D eigenvalue weighted by atomic mass is 16.3. The van der Waals surface area contributed by atoms with Crippen molar-refractivity contribution in [3.63, 3.8) is 0 Å². The van der Waals surface area contributed by atoms with Gasteiger partial charge in [0.15, 0.2) is 0 Å². The van der Waals surface area contributed by atoms with Crippen LogP contribution in [0.3, 0.4) is 0 Å². The first-order chi connectivity index (χ1) is 9.06. The van der Waals surface area contributed by atoms with Crippen LogP contribution in [0, 0.1) is 6.92 Å². The Hall–Kier alpha value is -1.55. The van der Waals surface area contributed by atoms with Gasteiger partial charge in [-0.3, -0.25) is 4.79 Å². The normalized spacial score (nSPS) is 23.4. The molecular formula is C15H22N2O2. The molecule has 2 rings (SSSR count). The maximum absolute atomic E-state index is 12.7. The van der Waals surface area contributed by atoms with Crippen molar-refractivity contribution in [2.45, 2.75) is 45.2 Å². The van der Waals surface area contributed by atoms with Crippen molar-refractivity contribution in [3.05, 3.63) is 29.3 Å². The van der Waals surface area contributed by atoms with E-state index >= 15 is 0 Å². The Morgan fingerprint density at radius 1 is 1.47 bits per heavy atom. The van der Waals surface area contributed by atoms with Gasteiger partial charge in [0, 0.05) is 29.8 Å². The summed E-state index contributed by atoms with van der Waals surface area (Å²) in [6, 6.07) is 5.40. The smallest absolute Gasteiger partial charge is 0.254 e. The number of likely N-dealkylation sites (tertiary alicyclic amines) is 1. The Bertz CT molecular complexity index is 473. The summed E-state index contributed by atoms with van der Waals surface area (Å²) in [6.07, 6.45) is 3.09. The van der Waals surface area contributed by atoms with E-state index in [0.717, 1.165) is 19.3 Å². The first kappa shape index (κ1) is 13.9. The fraction of sp³-hybridized carbons (Fsp3) is 0.533. The van der Waals surface area contributed by atoms with Crippen LogP contribution >= 0.6 is 0 Å². The Labute approximate surface area is 114 Å². The molecule has 1 aromatic carbocycles. The van der Waals surface area contributed by atoms with E-state index < -0.39 is 0 Å². The summed E-state index contributed by atoms with van der Waals surface area (Å²) in [5.41, 5.74) is 7.01. The van der Waals surface area contributed by atoms with Crippen LogP contribution in [0.25, 0.3) is 0 Å². The lowest BCUT2D eigenvalue weighted by Gasteiger charge is -2.40. The number of piperidine rings is 1. The van der Waals surface area contributed by atoms with Crippen LogP contribution in [0.1, 0.15) is 42.1 Å². The number of phenols is 1. The molecule has 1 fully saturated rings. The van der Waals surface area contributed by atoms with E-state index in [9.17, 15) is 9.90 Å². The number of aromatic hydroxyl groups is 1. The van der Waals surface area contributed by atoms with Gasteiger partial charge in [0.25, 0.3) is 5.91 Å². The zero-order valence-electron chi connectivity index (χ0n) is 11.6. The Kier molecular flexibility index (Phi) is 4.10. The second-order valence-electron chi connectivity index (χ2n) is 5.33. The molecule has 0 radical (unpaired) electrons. The highest BCUT2D eigenvalue weighted by molar-refractivity contribution is 5.96. The van der Waals surface area contributed by atoms with Gasteiger partial charge in [0.1, 0.15) is 5.75 Å². The van der Waals surface area contributed by atoms with Crippen LogP contribution in [0.2, 0.25) is 0 Å². The average molecular weight is 262 g/mol. The summed E-state index contributed by atoms with van der Waals surface area (Å²) >= 11 is 0. The molecule has 0 aliphatic carbocycles. The fourth-order valence-corrected chi connectivity index (χ4v) is 2.88. The lowest BCUT2D eigenvalue weighted by Crippen LogP contribution is -2.52. The molecule has 2 atom stereocenters. The lowest BCUT2D eigenvalue weighted by molar-refractivity contribution is 0.0493. The van der Waals surface area contributed by atoms with Crippen LogP contribution in [0.15, 0.2) is 18.2 Å². The molecule has 4 heteroatoms. The van der Waals surface area contributed by atoms with Gasteiger partial charge in [-0.25, -0.2) is 0 Å². The van der Waals surface area contributed by atoms with Gasteiger partial charge in [0.05, 0.1) is 0 Å². The van der Waals surface area contributed by atoms with E-state index in [2.05, 4.69) is 6.92 Å². The van der Waals surface area contributed by atoms with Gasteiger partial charge in [0.2, 0.25) is 0 Å². The number of hydrogen-bond acceptors (Lipinski definition) is 3. The molecule has 3 N–H and O–H groups in total. The zero-order chi connectivity index (χ0) is 14.0. The molecule has 1 amide bonds. The maximum atomic E-state index is 12.7. The molecule has 0 bridgehead atoms. The van der Waals surface area contributed by atoms with Crippen molar-refractivity contribution in [1.29, 1.82) is 0 Å². The molecule has 0 aromatic heterocycles. The minimum Gasteiger partial charge on any atom is -0.508 e. The Morgan fingerprint density at radius 2 is 2.21 bits per heavy atom. The van der Waals surface area contributed by atoms with Gasteiger partial charge < -0.3 is 15.7 Å². The molecule has 1 aliphatic heterocycles. The average Bonchev–Trinajstić information content (AvgIpc) is 2.40. The summed E-state index contributed by atoms with van der Waals surface area (Å²) in [6.45, 7) is 4.33. The molecule has 1 aromatic rings. The summed E-state index contributed by atoms with van der Waals surface area (Å²) in [4.78, 5) is 14.6. The molecule has 19 heavy (non-hydrogen) atoms. The third-order valence-corrected chi connectivity index (χ3v) is 4.07. The number of benzene rings is 1. The van der Waals surface area contributed by atoms with Gasteiger partial charge in [-0.2, -0.15) is 0 Å². The van der Waals surface area contributed by atoms with Gasteiger partial charge in [-0.1, -0.05) is 6.07 Å². The highest BCUT2D eigenvalue weighted by Crippen LogP contribution is 2.27. The van der Waals surface area contributed by atoms with E-state index in [1.165, 1.54) is 0 Å².